The van der Waals surface area contributed by atoms with Crippen LogP contribution in [0.15, 0.2) is 89.1 Å². The van der Waals surface area contributed by atoms with Gasteiger partial charge in [0.25, 0.3) is 5.91 Å². The van der Waals surface area contributed by atoms with E-state index in [4.69, 9.17) is 4.74 Å². The summed E-state index contributed by atoms with van der Waals surface area (Å²) in [5, 5.41) is 4.88. The molecule has 1 amide bonds. The lowest BCUT2D eigenvalue weighted by Crippen LogP contribution is -2.41. The highest BCUT2D eigenvalue weighted by molar-refractivity contribution is 7.89. The third-order valence-corrected chi connectivity index (χ3v) is 9.22. The Morgan fingerprint density at radius 3 is 2.51 bits per heavy atom. The van der Waals surface area contributed by atoms with E-state index in [-0.39, 0.29) is 17.9 Å². The average molecular weight is 562 g/mol. The summed E-state index contributed by atoms with van der Waals surface area (Å²) >= 11 is 1.27. The normalized spacial score (nSPS) is 15.4. The molecule has 0 radical (unpaired) electrons. The zero-order valence-electron chi connectivity index (χ0n) is 21.2. The second kappa shape index (κ2) is 11.5. The van der Waals surface area contributed by atoms with Crippen molar-refractivity contribution < 1.29 is 22.7 Å². The van der Waals surface area contributed by atoms with Crippen molar-refractivity contribution in [2.24, 2.45) is 0 Å². The highest BCUT2D eigenvalue weighted by Crippen LogP contribution is 2.36. The lowest BCUT2D eigenvalue weighted by atomic mass is 9.92. The van der Waals surface area contributed by atoms with Crippen LogP contribution in [0.2, 0.25) is 0 Å². The molecular weight excluding hydrogens is 534 g/mol. The van der Waals surface area contributed by atoms with Crippen molar-refractivity contribution in [1.82, 2.24) is 9.29 Å². The molecule has 1 aliphatic heterocycles. The number of nitrogens with zero attached hydrogens (tertiary/aromatic N) is 2. The summed E-state index contributed by atoms with van der Waals surface area (Å²) in [4.78, 5) is 29.9. The zero-order chi connectivity index (χ0) is 27.4. The van der Waals surface area contributed by atoms with Gasteiger partial charge in [-0.1, -0.05) is 72.3 Å². The number of anilines is 1. The molecule has 0 bridgehead atoms. The lowest BCUT2D eigenvalue weighted by Gasteiger charge is -2.36. The van der Waals surface area contributed by atoms with Crippen LogP contribution in [-0.2, 0) is 30.8 Å². The molecule has 2 heterocycles. The number of hydrogen-bond acceptors (Lipinski definition) is 7. The fourth-order valence-electron chi connectivity index (χ4n) is 4.56. The van der Waals surface area contributed by atoms with Crippen molar-refractivity contribution in [2.45, 2.75) is 30.7 Å². The monoisotopic (exact) mass is 561 g/mol. The Bertz CT molecular complexity index is 1580. The predicted molar refractivity (Wildman–Crippen MR) is 150 cm³/mol. The van der Waals surface area contributed by atoms with E-state index in [1.165, 1.54) is 15.6 Å². The summed E-state index contributed by atoms with van der Waals surface area (Å²) in [6.07, 6.45) is 0.318. The molecule has 0 fully saturated rings. The Labute approximate surface area is 231 Å². The fraction of sp³-hybridized carbons (Fsp3) is 0.207. The number of aromatic nitrogens is 1. The van der Waals surface area contributed by atoms with Gasteiger partial charge in [-0.2, -0.15) is 4.31 Å². The molecular formula is C29H27N3O5S2. The Hall–Kier alpha value is -3.86. The molecule has 1 aromatic heterocycles. The number of sulfonamides is 1. The maximum Gasteiger partial charge on any atom is 0.308 e. The van der Waals surface area contributed by atoms with E-state index in [1.54, 1.807) is 24.3 Å². The molecule has 4 aromatic rings. The molecule has 3 aromatic carbocycles. The van der Waals surface area contributed by atoms with Crippen LogP contribution < -0.4 is 5.32 Å². The number of hydrogen-bond donors (Lipinski definition) is 1. The van der Waals surface area contributed by atoms with Crippen molar-refractivity contribution in [1.29, 1.82) is 0 Å². The van der Waals surface area contributed by atoms with Crippen molar-refractivity contribution in [3.63, 3.8) is 0 Å². The number of thiazole rings is 1. The van der Waals surface area contributed by atoms with Crippen LogP contribution in [0, 0.1) is 6.92 Å². The standard InChI is InChI=1S/C29H27N3O5S2/c1-20-11-13-23(14-12-20)39(35,36)32-16-15-21-7-5-6-10-24(21)26(32)17-28(34)37-18-27(33)31-29-30-25(19-38-29)22-8-3-2-4-9-22/h2-14,19,26H,15-18H2,1H3,(H,30,31,33). The smallest absolute Gasteiger partial charge is 0.308 e. The van der Waals surface area contributed by atoms with E-state index in [2.05, 4.69) is 10.3 Å². The van der Waals surface area contributed by atoms with Crippen molar-refractivity contribution in [2.75, 3.05) is 18.5 Å². The van der Waals surface area contributed by atoms with Crippen molar-refractivity contribution >= 4 is 38.4 Å². The van der Waals surface area contributed by atoms with Gasteiger partial charge in [0.05, 0.1) is 23.1 Å². The van der Waals surface area contributed by atoms with Crippen LogP contribution in [0.5, 0.6) is 0 Å². The topological polar surface area (TPSA) is 106 Å². The number of aryl methyl sites for hydroxylation is 1. The van der Waals surface area contributed by atoms with Gasteiger partial charge in [-0.05, 0) is 36.6 Å². The molecule has 1 N–H and O–H groups in total. The van der Waals surface area contributed by atoms with Crippen LogP contribution in [0.1, 0.15) is 29.2 Å². The number of nitrogens with one attached hydrogen (secondary N) is 1. The van der Waals surface area contributed by atoms with Gasteiger partial charge in [-0.15, -0.1) is 11.3 Å². The molecule has 0 spiro atoms. The van der Waals surface area contributed by atoms with Gasteiger partial charge < -0.3 is 4.74 Å². The highest BCUT2D eigenvalue weighted by Gasteiger charge is 2.37. The third-order valence-electron chi connectivity index (χ3n) is 6.54. The minimum absolute atomic E-state index is 0.170. The number of esters is 1. The summed E-state index contributed by atoms with van der Waals surface area (Å²) < 4.78 is 33.8. The fourth-order valence-corrected chi connectivity index (χ4v) is 6.91. The number of amides is 1. The summed E-state index contributed by atoms with van der Waals surface area (Å²) in [5.41, 5.74) is 4.36. The van der Waals surface area contributed by atoms with Crippen LogP contribution in [0.3, 0.4) is 0 Å². The highest BCUT2D eigenvalue weighted by atomic mass is 32.2. The van der Waals surface area contributed by atoms with Crippen LogP contribution >= 0.6 is 11.3 Å². The van der Waals surface area contributed by atoms with E-state index < -0.39 is 34.5 Å². The number of carbonyl (C=O) groups excluding carboxylic acids is 2. The first-order chi connectivity index (χ1) is 18.8. The van der Waals surface area contributed by atoms with E-state index in [9.17, 15) is 18.0 Å². The predicted octanol–water partition coefficient (Wildman–Crippen LogP) is 4.98. The summed E-state index contributed by atoms with van der Waals surface area (Å²) in [7, 11) is -3.87. The molecule has 1 unspecified atom stereocenters. The van der Waals surface area contributed by atoms with Gasteiger partial charge in [-0.3, -0.25) is 14.9 Å². The van der Waals surface area contributed by atoms with Gasteiger partial charge in [0.1, 0.15) is 0 Å². The van der Waals surface area contributed by atoms with Gasteiger partial charge in [0, 0.05) is 17.5 Å². The Kier molecular flexibility index (Phi) is 7.87. The molecule has 39 heavy (non-hydrogen) atoms. The van der Waals surface area contributed by atoms with E-state index in [0.29, 0.717) is 11.6 Å². The molecule has 1 atom stereocenters. The van der Waals surface area contributed by atoms with Gasteiger partial charge in [0.15, 0.2) is 11.7 Å². The number of rotatable bonds is 8. The molecule has 5 rings (SSSR count). The average Bonchev–Trinajstić information content (AvgIpc) is 3.41. The van der Waals surface area contributed by atoms with E-state index in [0.717, 1.165) is 27.9 Å². The second-order valence-corrected chi connectivity index (χ2v) is 12.0. The van der Waals surface area contributed by atoms with Gasteiger partial charge in [-0.25, -0.2) is 13.4 Å². The van der Waals surface area contributed by atoms with Crippen LogP contribution in [-0.4, -0.2) is 42.7 Å². The van der Waals surface area contributed by atoms with E-state index in [1.807, 2.05) is 66.9 Å². The molecule has 10 heteroatoms. The Morgan fingerprint density at radius 2 is 1.74 bits per heavy atom. The molecule has 200 valence electrons. The largest absolute Gasteiger partial charge is 0.456 e. The molecule has 1 aliphatic rings. The maximum absolute atomic E-state index is 13.6. The minimum atomic E-state index is -3.87. The first-order valence-electron chi connectivity index (χ1n) is 12.4. The first kappa shape index (κ1) is 26.7. The number of ether oxygens (including phenoxy) is 1. The SMILES string of the molecule is Cc1ccc(S(=O)(=O)N2CCc3ccccc3C2CC(=O)OCC(=O)Nc2nc(-c3ccccc3)cs2)cc1. The van der Waals surface area contributed by atoms with Crippen LogP contribution in [0.25, 0.3) is 11.3 Å². The minimum Gasteiger partial charge on any atom is -0.456 e. The summed E-state index contributed by atoms with van der Waals surface area (Å²) in [6, 6.07) is 23.0. The summed E-state index contributed by atoms with van der Waals surface area (Å²) in [6.45, 7) is 1.62. The lowest BCUT2D eigenvalue weighted by molar-refractivity contribution is -0.148. The van der Waals surface area contributed by atoms with E-state index >= 15 is 0 Å². The Morgan fingerprint density at radius 1 is 1.03 bits per heavy atom. The molecule has 8 nitrogen and oxygen atoms in total. The van der Waals surface area contributed by atoms with Crippen molar-refractivity contribution in [3.8, 4) is 11.3 Å². The number of fused-ring (bicyclic) bond motifs is 1. The first-order valence-corrected chi connectivity index (χ1v) is 14.8. The quantitative estimate of drug-likeness (QED) is 0.304. The zero-order valence-corrected chi connectivity index (χ0v) is 22.9. The molecule has 0 saturated heterocycles. The molecule has 0 saturated carbocycles. The van der Waals surface area contributed by atoms with Crippen molar-refractivity contribution in [3.05, 3.63) is 101 Å². The van der Waals surface area contributed by atoms with Gasteiger partial charge >= 0.3 is 5.97 Å². The summed E-state index contributed by atoms with van der Waals surface area (Å²) in [5.74, 6) is -1.19. The molecule has 0 aliphatic carbocycles. The maximum atomic E-state index is 13.6. The number of carbonyl (C=O) groups is 2. The third kappa shape index (κ3) is 6.08. The number of benzene rings is 3. The Balaban J connectivity index is 1.26. The van der Waals surface area contributed by atoms with Crippen LogP contribution in [0.4, 0.5) is 5.13 Å². The second-order valence-electron chi connectivity index (χ2n) is 9.21. The van der Waals surface area contributed by atoms with Gasteiger partial charge in [0.2, 0.25) is 10.0 Å².